The maximum Gasteiger partial charge on any atom is 0.167 e. The highest BCUT2D eigenvalue weighted by molar-refractivity contribution is 5.46. The van der Waals surface area contributed by atoms with Crippen LogP contribution in [0.3, 0.4) is 0 Å². The number of nitrogens with one attached hydrogen (secondary N) is 1. The fourth-order valence-corrected chi connectivity index (χ4v) is 1.04. The van der Waals surface area contributed by atoms with Gasteiger partial charge in [-0.25, -0.2) is 14.3 Å². The number of ether oxygens (including phenoxy) is 1. The van der Waals surface area contributed by atoms with E-state index in [0.717, 1.165) is 6.07 Å². The second-order valence-corrected chi connectivity index (χ2v) is 2.54. The van der Waals surface area contributed by atoms with Gasteiger partial charge in [-0.05, 0) is 0 Å². The Morgan fingerprint density at radius 3 is 2.64 bits per heavy atom. The SMILES string of the molecule is COc1cc(F)c(F)c(CNO)c1O. The van der Waals surface area contributed by atoms with Crippen LogP contribution < -0.4 is 10.2 Å². The molecule has 0 aliphatic carbocycles. The van der Waals surface area contributed by atoms with E-state index in [2.05, 4.69) is 4.74 Å². The lowest BCUT2D eigenvalue weighted by atomic mass is 10.1. The molecule has 0 aliphatic rings. The van der Waals surface area contributed by atoms with E-state index in [-0.39, 0.29) is 11.3 Å². The summed E-state index contributed by atoms with van der Waals surface area (Å²) in [5.74, 6) is -3.09. The Kier molecular flexibility index (Phi) is 3.21. The molecule has 0 saturated carbocycles. The van der Waals surface area contributed by atoms with Gasteiger partial charge < -0.3 is 15.1 Å². The molecular formula is C8H9F2NO3. The van der Waals surface area contributed by atoms with E-state index in [1.165, 1.54) is 7.11 Å². The standard InChI is InChI=1S/C8H9F2NO3/c1-14-6-2-5(9)7(10)4(3-11-13)8(6)12/h2,11-13H,3H2,1H3. The van der Waals surface area contributed by atoms with Gasteiger partial charge in [-0.2, -0.15) is 0 Å². The van der Waals surface area contributed by atoms with Gasteiger partial charge in [0.2, 0.25) is 0 Å². The number of hydrogen-bond acceptors (Lipinski definition) is 4. The molecule has 0 radical (unpaired) electrons. The summed E-state index contributed by atoms with van der Waals surface area (Å²) in [6.45, 7) is -0.411. The van der Waals surface area contributed by atoms with Crippen molar-refractivity contribution in [2.24, 2.45) is 0 Å². The molecule has 0 fully saturated rings. The number of phenolic OH excluding ortho intramolecular Hbond substituents is 1. The normalized spacial score (nSPS) is 10.3. The molecule has 0 aromatic heterocycles. The molecule has 0 unspecified atom stereocenters. The average Bonchev–Trinajstić information content (AvgIpc) is 2.18. The van der Waals surface area contributed by atoms with Crippen molar-refractivity contribution < 1.29 is 23.8 Å². The highest BCUT2D eigenvalue weighted by Gasteiger charge is 2.17. The molecule has 0 saturated heterocycles. The zero-order valence-corrected chi connectivity index (χ0v) is 7.34. The molecule has 1 rings (SSSR count). The summed E-state index contributed by atoms with van der Waals surface area (Å²) in [6.07, 6.45) is 0. The van der Waals surface area contributed by atoms with Gasteiger partial charge in [0.25, 0.3) is 0 Å². The minimum absolute atomic E-state index is 0.186. The second-order valence-electron chi connectivity index (χ2n) is 2.54. The summed E-state index contributed by atoms with van der Waals surface area (Å²) in [7, 11) is 1.21. The fraction of sp³-hybridized carbons (Fsp3) is 0.250. The van der Waals surface area contributed by atoms with Crippen LogP contribution in [0.1, 0.15) is 5.56 Å². The van der Waals surface area contributed by atoms with Gasteiger partial charge >= 0.3 is 0 Å². The number of halogens is 2. The van der Waals surface area contributed by atoms with E-state index in [1.54, 1.807) is 5.48 Å². The Morgan fingerprint density at radius 1 is 1.50 bits per heavy atom. The Hall–Kier alpha value is -1.40. The van der Waals surface area contributed by atoms with Crippen LogP contribution in [0, 0.1) is 11.6 Å². The number of hydroxylamine groups is 1. The van der Waals surface area contributed by atoms with Gasteiger partial charge in [0.05, 0.1) is 19.2 Å². The van der Waals surface area contributed by atoms with Gasteiger partial charge in [0.1, 0.15) is 0 Å². The van der Waals surface area contributed by atoms with Crippen molar-refractivity contribution in [1.82, 2.24) is 5.48 Å². The summed E-state index contributed by atoms with van der Waals surface area (Å²) in [5, 5.41) is 17.7. The van der Waals surface area contributed by atoms with Crippen LogP contribution in [0.15, 0.2) is 6.07 Å². The monoisotopic (exact) mass is 205 g/mol. The minimum atomic E-state index is -1.22. The maximum absolute atomic E-state index is 13.0. The lowest BCUT2D eigenvalue weighted by Crippen LogP contribution is -2.09. The van der Waals surface area contributed by atoms with Gasteiger partial charge in [-0.15, -0.1) is 0 Å². The largest absolute Gasteiger partial charge is 0.504 e. The molecular weight excluding hydrogens is 196 g/mol. The number of rotatable bonds is 3. The van der Waals surface area contributed by atoms with Crippen LogP contribution in [0.2, 0.25) is 0 Å². The highest BCUT2D eigenvalue weighted by atomic mass is 19.2. The first kappa shape index (κ1) is 10.7. The zero-order valence-electron chi connectivity index (χ0n) is 7.34. The lowest BCUT2D eigenvalue weighted by Gasteiger charge is -2.09. The highest BCUT2D eigenvalue weighted by Crippen LogP contribution is 2.33. The first-order valence-corrected chi connectivity index (χ1v) is 3.72. The van der Waals surface area contributed by atoms with Gasteiger partial charge in [-0.3, -0.25) is 0 Å². The topological polar surface area (TPSA) is 61.7 Å². The third-order valence-corrected chi connectivity index (χ3v) is 1.73. The molecule has 0 atom stereocenters. The third-order valence-electron chi connectivity index (χ3n) is 1.73. The first-order chi connectivity index (χ1) is 6.61. The number of benzene rings is 1. The van der Waals surface area contributed by atoms with Crippen molar-refractivity contribution in [3.8, 4) is 11.5 Å². The molecule has 6 heteroatoms. The maximum atomic E-state index is 13.0. The number of methoxy groups -OCH3 is 1. The van der Waals surface area contributed by atoms with Crippen LogP contribution in [-0.4, -0.2) is 17.4 Å². The van der Waals surface area contributed by atoms with Crippen LogP contribution in [0.25, 0.3) is 0 Å². The molecule has 14 heavy (non-hydrogen) atoms. The van der Waals surface area contributed by atoms with Crippen molar-refractivity contribution in [3.05, 3.63) is 23.3 Å². The Bertz CT molecular complexity index is 344. The van der Waals surface area contributed by atoms with Crippen LogP contribution >= 0.6 is 0 Å². The van der Waals surface area contributed by atoms with Crippen molar-refractivity contribution in [3.63, 3.8) is 0 Å². The molecule has 3 N–H and O–H groups in total. The number of hydrogen-bond donors (Lipinski definition) is 3. The van der Waals surface area contributed by atoms with Crippen LogP contribution in [-0.2, 0) is 6.54 Å². The van der Waals surface area contributed by atoms with Crippen molar-refractivity contribution in [2.75, 3.05) is 7.11 Å². The Balaban J connectivity index is 3.29. The lowest BCUT2D eigenvalue weighted by molar-refractivity contribution is 0.158. The molecule has 0 heterocycles. The van der Waals surface area contributed by atoms with Gasteiger partial charge in [0, 0.05) is 6.07 Å². The predicted molar refractivity (Wildman–Crippen MR) is 43.2 cm³/mol. The molecule has 0 amide bonds. The summed E-state index contributed by atoms with van der Waals surface area (Å²) in [4.78, 5) is 0. The third kappa shape index (κ3) is 1.75. The van der Waals surface area contributed by atoms with Gasteiger partial charge in [-0.1, -0.05) is 0 Å². The fourth-order valence-electron chi connectivity index (χ4n) is 1.04. The zero-order chi connectivity index (χ0) is 10.7. The van der Waals surface area contributed by atoms with E-state index in [9.17, 15) is 13.9 Å². The first-order valence-electron chi connectivity index (χ1n) is 3.72. The molecule has 0 aliphatic heterocycles. The van der Waals surface area contributed by atoms with E-state index in [4.69, 9.17) is 5.21 Å². The molecule has 0 spiro atoms. The summed E-state index contributed by atoms with van der Waals surface area (Å²) in [5.41, 5.74) is 1.24. The smallest absolute Gasteiger partial charge is 0.167 e. The number of aromatic hydroxyl groups is 1. The quantitative estimate of drug-likeness (QED) is 0.648. The predicted octanol–water partition coefficient (Wildman–Crippen LogP) is 1.16. The summed E-state index contributed by atoms with van der Waals surface area (Å²) < 4.78 is 30.5. The van der Waals surface area contributed by atoms with Gasteiger partial charge in [0.15, 0.2) is 23.1 Å². The molecule has 78 valence electrons. The Labute approximate surface area is 78.7 Å². The van der Waals surface area contributed by atoms with Crippen molar-refractivity contribution >= 4 is 0 Å². The van der Waals surface area contributed by atoms with E-state index in [0.29, 0.717) is 0 Å². The van der Waals surface area contributed by atoms with E-state index in [1.807, 2.05) is 0 Å². The van der Waals surface area contributed by atoms with Crippen molar-refractivity contribution in [2.45, 2.75) is 6.54 Å². The summed E-state index contributed by atoms with van der Waals surface area (Å²) in [6, 6.07) is 0.728. The Morgan fingerprint density at radius 2 is 2.14 bits per heavy atom. The second kappa shape index (κ2) is 4.21. The molecule has 1 aromatic carbocycles. The van der Waals surface area contributed by atoms with Crippen LogP contribution in [0.5, 0.6) is 11.5 Å². The molecule has 1 aromatic rings. The number of phenols is 1. The average molecular weight is 205 g/mol. The van der Waals surface area contributed by atoms with E-state index >= 15 is 0 Å². The van der Waals surface area contributed by atoms with Crippen molar-refractivity contribution in [1.29, 1.82) is 0 Å². The van der Waals surface area contributed by atoms with E-state index < -0.39 is 23.9 Å². The van der Waals surface area contributed by atoms with Crippen LogP contribution in [0.4, 0.5) is 8.78 Å². The molecule has 0 bridgehead atoms. The molecule has 4 nitrogen and oxygen atoms in total. The minimum Gasteiger partial charge on any atom is -0.504 e. The summed E-state index contributed by atoms with van der Waals surface area (Å²) >= 11 is 0.